The van der Waals surface area contributed by atoms with Crippen molar-refractivity contribution in [3.8, 4) is 11.4 Å². The third kappa shape index (κ3) is 1.03. The number of nitrogens with one attached hydrogen (secondary N) is 1. The molecule has 5 heteroatoms. The Bertz CT molecular complexity index is 337. The molecule has 0 aliphatic rings. The summed E-state index contributed by atoms with van der Waals surface area (Å²) in [5.74, 6) is 0.677. The summed E-state index contributed by atoms with van der Waals surface area (Å²) in [6, 6.07) is 1.94. The van der Waals surface area contributed by atoms with Crippen molar-refractivity contribution in [2.24, 2.45) is 0 Å². The van der Waals surface area contributed by atoms with Gasteiger partial charge in [0.1, 0.15) is 0 Å². The topological polar surface area (TPSA) is 54.5 Å². The highest BCUT2D eigenvalue weighted by Crippen LogP contribution is 2.22. The Hall–Kier alpha value is -1.23. The molecule has 2 aromatic rings. The minimum atomic E-state index is 0.677. The zero-order valence-electron chi connectivity index (χ0n) is 5.61. The van der Waals surface area contributed by atoms with Gasteiger partial charge < -0.3 is 0 Å². The molecule has 2 heterocycles. The van der Waals surface area contributed by atoms with Crippen LogP contribution in [0.1, 0.15) is 4.88 Å². The van der Waals surface area contributed by atoms with Crippen LogP contribution in [0.2, 0.25) is 0 Å². The Balaban J connectivity index is 2.53. The second-order valence-corrected chi connectivity index (χ2v) is 3.01. The molecule has 0 unspecified atom stereocenters. The van der Waals surface area contributed by atoms with Gasteiger partial charge in [0.15, 0.2) is 5.82 Å². The van der Waals surface area contributed by atoms with Crippen molar-refractivity contribution in [3.05, 3.63) is 23.2 Å². The summed E-state index contributed by atoms with van der Waals surface area (Å²) in [6.45, 7) is 3.84. The average Bonchev–Trinajstić information content (AvgIpc) is 2.55. The number of rotatable bonds is 1. The third-order valence-corrected chi connectivity index (χ3v) is 2.12. The van der Waals surface area contributed by atoms with E-state index in [1.807, 2.05) is 11.4 Å². The van der Waals surface area contributed by atoms with Crippen LogP contribution in [-0.4, -0.2) is 20.6 Å². The third-order valence-electron chi connectivity index (χ3n) is 1.35. The van der Waals surface area contributed by atoms with Crippen molar-refractivity contribution < 1.29 is 0 Å². The van der Waals surface area contributed by atoms with Gasteiger partial charge in [-0.05, 0) is 28.8 Å². The molecule has 11 heavy (non-hydrogen) atoms. The second-order valence-electron chi connectivity index (χ2n) is 2.01. The molecule has 2 rings (SSSR count). The van der Waals surface area contributed by atoms with Crippen LogP contribution in [0.15, 0.2) is 11.4 Å². The predicted octanol–water partition coefficient (Wildman–Crippen LogP) is 1.11. The van der Waals surface area contributed by atoms with E-state index in [9.17, 15) is 0 Å². The fourth-order valence-corrected chi connectivity index (χ4v) is 1.48. The number of aromatic amines is 1. The molecule has 0 amide bonds. The number of thiophene rings is 1. The number of nitrogens with zero attached hydrogens (tertiary/aromatic N) is 3. The van der Waals surface area contributed by atoms with Gasteiger partial charge in [0.2, 0.25) is 0 Å². The zero-order chi connectivity index (χ0) is 7.68. The van der Waals surface area contributed by atoms with Crippen LogP contribution >= 0.6 is 11.3 Å². The van der Waals surface area contributed by atoms with Gasteiger partial charge in [-0.25, -0.2) is 5.10 Å². The summed E-state index contributed by atoms with van der Waals surface area (Å²) in [7, 11) is 0. The van der Waals surface area contributed by atoms with E-state index in [1.54, 1.807) is 11.3 Å². The zero-order valence-corrected chi connectivity index (χ0v) is 6.43. The molecule has 0 atom stereocenters. The summed E-state index contributed by atoms with van der Waals surface area (Å²) >= 11 is 1.58. The normalized spacial score (nSPS) is 10.3. The Morgan fingerprint density at radius 2 is 2.45 bits per heavy atom. The fourth-order valence-electron chi connectivity index (χ4n) is 0.825. The van der Waals surface area contributed by atoms with Crippen LogP contribution in [0, 0.1) is 6.92 Å². The second kappa shape index (κ2) is 2.43. The van der Waals surface area contributed by atoms with Gasteiger partial charge in [0, 0.05) is 10.4 Å². The van der Waals surface area contributed by atoms with Gasteiger partial charge in [-0.1, -0.05) is 0 Å². The van der Waals surface area contributed by atoms with Crippen molar-refractivity contribution in [2.45, 2.75) is 0 Å². The summed E-state index contributed by atoms with van der Waals surface area (Å²) in [5, 5.41) is 15.4. The molecule has 0 saturated heterocycles. The van der Waals surface area contributed by atoms with E-state index in [0.717, 1.165) is 10.4 Å². The van der Waals surface area contributed by atoms with E-state index in [0.29, 0.717) is 5.82 Å². The Morgan fingerprint density at radius 3 is 3.00 bits per heavy atom. The smallest absolute Gasteiger partial charge is 0.180 e. The van der Waals surface area contributed by atoms with Gasteiger partial charge >= 0.3 is 0 Å². The average molecular weight is 165 g/mol. The van der Waals surface area contributed by atoms with Gasteiger partial charge in [-0.15, -0.1) is 16.4 Å². The summed E-state index contributed by atoms with van der Waals surface area (Å²) in [6.07, 6.45) is 0. The standard InChI is InChI=1S/C6H5N4S/c1-4-5(2-3-11-4)6-7-9-10-8-6/h2-3H,1H2,(H,7,8,9,10). The van der Waals surface area contributed by atoms with E-state index in [4.69, 9.17) is 0 Å². The quantitative estimate of drug-likeness (QED) is 0.688. The predicted molar refractivity (Wildman–Crippen MR) is 41.9 cm³/mol. The maximum atomic E-state index is 3.84. The van der Waals surface area contributed by atoms with Crippen LogP contribution in [0.25, 0.3) is 11.4 Å². The lowest BCUT2D eigenvalue weighted by atomic mass is 10.2. The molecule has 0 bridgehead atoms. The van der Waals surface area contributed by atoms with Crippen molar-refractivity contribution in [1.82, 2.24) is 20.6 Å². The SMILES string of the molecule is [CH2]c1sccc1-c1nnn[nH]1. The molecule has 0 saturated carbocycles. The maximum Gasteiger partial charge on any atom is 0.180 e. The highest BCUT2D eigenvalue weighted by Gasteiger charge is 2.04. The Labute approximate surface area is 67.3 Å². The molecular formula is C6H5N4S. The van der Waals surface area contributed by atoms with Crippen LogP contribution in [0.3, 0.4) is 0 Å². The lowest BCUT2D eigenvalue weighted by Gasteiger charge is -1.88. The highest BCUT2D eigenvalue weighted by atomic mass is 32.1. The fraction of sp³-hybridized carbons (Fsp3) is 0. The Kier molecular flexibility index (Phi) is 1.43. The van der Waals surface area contributed by atoms with E-state index < -0.39 is 0 Å². The molecule has 0 aliphatic heterocycles. The first kappa shape index (κ1) is 6.48. The molecule has 0 spiro atoms. The van der Waals surface area contributed by atoms with E-state index >= 15 is 0 Å². The molecule has 2 aromatic heterocycles. The minimum absolute atomic E-state index is 0.677. The molecule has 0 aromatic carbocycles. The van der Waals surface area contributed by atoms with Crippen molar-refractivity contribution in [1.29, 1.82) is 0 Å². The van der Waals surface area contributed by atoms with Gasteiger partial charge in [0.25, 0.3) is 0 Å². The number of hydrogen-bond acceptors (Lipinski definition) is 4. The minimum Gasteiger partial charge on any atom is -0.239 e. The van der Waals surface area contributed by atoms with Crippen molar-refractivity contribution in [2.75, 3.05) is 0 Å². The summed E-state index contributed by atoms with van der Waals surface area (Å²) in [4.78, 5) is 0.976. The van der Waals surface area contributed by atoms with Gasteiger partial charge in [-0.2, -0.15) is 0 Å². The molecule has 55 valence electrons. The molecular weight excluding hydrogens is 160 g/mol. The highest BCUT2D eigenvalue weighted by molar-refractivity contribution is 7.10. The first-order valence-electron chi connectivity index (χ1n) is 3.01. The van der Waals surface area contributed by atoms with E-state index in [2.05, 4.69) is 27.5 Å². The van der Waals surface area contributed by atoms with Gasteiger partial charge in [0.05, 0.1) is 0 Å². The van der Waals surface area contributed by atoms with Crippen LogP contribution in [0.5, 0.6) is 0 Å². The number of H-pyrrole nitrogens is 1. The lowest BCUT2D eigenvalue weighted by molar-refractivity contribution is 0.881. The van der Waals surface area contributed by atoms with E-state index in [-0.39, 0.29) is 0 Å². The number of hydrogen-bond donors (Lipinski definition) is 1. The largest absolute Gasteiger partial charge is 0.239 e. The molecule has 4 nitrogen and oxygen atoms in total. The first-order chi connectivity index (χ1) is 5.38. The molecule has 1 radical (unpaired) electrons. The molecule has 0 aliphatic carbocycles. The molecule has 1 N–H and O–H groups in total. The number of aromatic nitrogens is 4. The maximum absolute atomic E-state index is 3.84. The summed E-state index contributed by atoms with van der Waals surface area (Å²) in [5.41, 5.74) is 0.972. The first-order valence-corrected chi connectivity index (χ1v) is 3.89. The number of tetrazole rings is 1. The van der Waals surface area contributed by atoms with Gasteiger partial charge in [-0.3, -0.25) is 0 Å². The van der Waals surface area contributed by atoms with Crippen LogP contribution in [-0.2, 0) is 0 Å². The Morgan fingerprint density at radius 1 is 1.55 bits per heavy atom. The van der Waals surface area contributed by atoms with Crippen molar-refractivity contribution >= 4 is 11.3 Å². The summed E-state index contributed by atoms with van der Waals surface area (Å²) < 4.78 is 0. The molecule has 0 fully saturated rings. The van der Waals surface area contributed by atoms with Crippen LogP contribution in [0.4, 0.5) is 0 Å². The van der Waals surface area contributed by atoms with E-state index in [1.165, 1.54) is 0 Å². The monoisotopic (exact) mass is 165 g/mol. The lowest BCUT2D eigenvalue weighted by Crippen LogP contribution is -1.78. The van der Waals surface area contributed by atoms with Crippen molar-refractivity contribution in [3.63, 3.8) is 0 Å². The van der Waals surface area contributed by atoms with Crippen LogP contribution < -0.4 is 0 Å².